The fourth-order valence-electron chi connectivity index (χ4n) is 9.99. The molecule has 0 radical (unpaired) electrons. The maximum absolute atomic E-state index is 12.2. The van der Waals surface area contributed by atoms with Crippen LogP contribution in [0.1, 0.15) is 77.0 Å². The predicted octanol–water partition coefficient (Wildman–Crippen LogP) is 11.6. The van der Waals surface area contributed by atoms with Crippen LogP contribution in [-0.4, -0.2) is 66.2 Å². The molecule has 0 spiro atoms. The number of rotatable bonds is 8. The number of anilines is 6. The first-order valence-corrected chi connectivity index (χ1v) is 26.3. The molecule has 3 fully saturated rings. The van der Waals surface area contributed by atoms with Gasteiger partial charge in [-0.3, -0.25) is 0 Å². The van der Waals surface area contributed by atoms with E-state index in [2.05, 4.69) is 56.2 Å². The summed E-state index contributed by atoms with van der Waals surface area (Å²) in [4.78, 5) is 62.4. The lowest BCUT2D eigenvalue weighted by Crippen LogP contribution is -2.36. The van der Waals surface area contributed by atoms with Crippen molar-refractivity contribution < 1.29 is 14.4 Å². The van der Waals surface area contributed by atoms with Gasteiger partial charge in [-0.25, -0.2) is 49.3 Å². The average Bonchev–Trinajstić information content (AvgIpc) is 4.31. The molecule has 3 heterocycles. The highest BCUT2D eigenvalue weighted by Crippen LogP contribution is 2.31. The molecule has 78 heavy (non-hydrogen) atoms. The van der Waals surface area contributed by atoms with Gasteiger partial charge < -0.3 is 44.2 Å². The number of nitrogens with zero attached hydrogens (tertiary/aromatic N) is 7. The zero-order chi connectivity index (χ0) is 54.2. The molecule has 396 valence electrons. The molecular weight excluding hydrogens is 979 g/mol. The molecule has 9 aromatic rings. The summed E-state index contributed by atoms with van der Waals surface area (Å²) in [5, 5.41) is 14.4. The van der Waals surface area contributed by atoms with Crippen LogP contribution in [0.4, 0.5) is 44.1 Å². The minimum atomic E-state index is -0.148. The van der Waals surface area contributed by atoms with Gasteiger partial charge in [0.2, 0.25) is 6.08 Å². The number of hydrogen-bond acceptors (Lipinski definition) is 14. The van der Waals surface area contributed by atoms with E-state index in [-0.39, 0.29) is 12.1 Å². The predicted molar refractivity (Wildman–Crippen MR) is 312 cm³/mol. The first-order chi connectivity index (χ1) is 38.0. The van der Waals surface area contributed by atoms with Crippen LogP contribution >= 0.6 is 0 Å². The lowest BCUT2D eigenvalue weighted by molar-refractivity contribution is 0.247. The molecule has 0 atom stereocenters. The highest BCUT2D eigenvalue weighted by atomic mass is 16.2. The molecule has 6 aromatic carbocycles. The molecular formula is C60H63N15O3. The SMILES string of the molecule is Nc1cccc(-c2ccc3ncnc(N)c3c2)c1.Nc1ncnc2ccc(-c3cccc(NC(=O)NC4CCCC4)c3)cc12.Nc1ncnc2ccc(-c3cccc(NC(=O)NC4CCCC4)c3)cc12.O=C=NC1CCCC1. The van der Waals surface area contributed by atoms with Gasteiger partial charge in [0.15, 0.2) is 0 Å². The van der Waals surface area contributed by atoms with Crippen LogP contribution in [0.15, 0.2) is 151 Å². The number of aromatic nitrogens is 6. The molecule has 0 aliphatic heterocycles. The van der Waals surface area contributed by atoms with Crippen molar-refractivity contribution >= 4 is 85.4 Å². The maximum atomic E-state index is 12.2. The second kappa shape index (κ2) is 25.8. The molecule has 18 heteroatoms. The van der Waals surface area contributed by atoms with E-state index in [0.717, 1.165) is 122 Å². The first-order valence-electron chi connectivity index (χ1n) is 26.3. The molecule has 3 aliphatic rings. The van der Waals surface area contributed by atoms with Gasteiger partial charge in [-0.2, -0.15) is 0 Å². The second-order valence-corrected chi connectivity index (χ2v) is 19.6. The number of fused-ring (bicyclic) bond motifs is 3. The topological polar surface area (TPSA) is 293 Å². The highest BCUT2D eigenvalue weighted by Gasteiger charge is 2.19. The largest absolute Gasteiger partial charge is 0.399 e. The molecule has 12 N–H and O–H groups in total. The Labute approximate surface area is 452 Å². The van der Waals surface area contributed by atoms with Gasteiger partial charge in [0.05, 0.1) is 22.6 Å². The number of carbonyl (C=O) groups is 2. The summed E-state index contributed by atoms with van der Waals surface area (Å²) >= 11 is 0. The van der Waals surface area contributed by atoms with Gasteiger partial charge in [-0.15, -0.1) is 0 Å². The van der Waals surface area contributed by atoms with Gasteiger partial charge in [-0.05, 0) is 145 Å². The summed E-state index contributed by atoms with van der Waals surface area (Å²) in [6.45, 7) is 0. The zero-order valence-corrected chi connectivity index (χ0v) is 43.2. The van der Waals surface area contributed by atoms with E-state index in [1.165, 1.54) is 57.5 Å². The van der Waals surface area contributed by atoms with Gasteiger partial charge in [-0.1, -0.05) is 93.1 Å². The lowest BCUT2D eigenvalue weighted by atomic mass is 10.0. The van der Waals surface area contributed by atoms with Crippen molar-refractivity contribution in [3.8, 4) is 33.4 Å². The molecule has 0 unspecified atom stereocenters. The van der Waals surface area contributed by atoms with E-state index in [4.69, 9.17) is 22.9 Å². The van der Waals surface area contributed by atoms with Crippen LogP contribution in [-0.2, 0) is 4.79 Å². The minimum absolute atomic E-state index is 0.148. The Kier molecular flexibility index (Phi) is 17.6. The Morgan fingerprint density at radius 1 is 0.436 bits per heavy atom. The molecule has 18 nitrogen and oxygen atoms in total. The number of isocyanates is 1. The number of hydrogen-bond donors (Lipinski definition) is 8. The third-order valence-corrected chi connectivity index (χ3v) is 14.1. The van der Waals surface area contributed by atoms with E-state index >= 15 is 0 Å². The third-order valence-electron chi connectivity index (χ3n) is 14.1. The third kappa shape index (κ3) is 14.2. The smallest absolute Gasteiger partial charge is 0.319 e. The molecule has 12 rings (SSSR count). The molecule has 3 saturated carbocycles. The van der Waals surface area contributed by atoms with Crippen molar-refractivity contribution in [2.75, 3.05) is 33.6 Å². The van der Waals surface area contributed by atoms with E-state index in [1.807, 2.05) is 127 Å². The van der Waals surface area contributed by atoms with Crippen LogP contribution in [0.5, 0.6) is 0 Å². The molecule has 3 aliphatic carbocycles. The Bertz CT molecular complexity index is 3430. The number of nitrogens with one attached hydrogen (secondary N) is 4. The fourth-order valence-corrected chi connectivity index (χ4v) is 9.99. The van der Waals surface area contributed by atoms with Crippen molar-refractivity contribution in [3.63, 3.8) is 0 Å². The number of amides is 4. The van der Waals surface area contributed by atoms with E-state index in [9.17, 15) is 14.4 Å². The Morgan fingerprint density at radius 3 is 1.18 bits per heavy atom. The Morgan fingerprint density at radius 2 is 0.795 bits per heavy atom. The lowest BCUT2D eigenvalue weighted by Gasteiger charge is -2.13. The van der Waals surface area contributed by atoms with E-state index < -0.39 is 0 Å². The van der Waals surface area contributed by atoms with Gasteiger partial charge >= 0.3 is 12.1 Å². The number of aliphatic imine (C=N–C) groups is 1. The second-order valence-electron chi connectivity index (χ2n) is 19.6. The quantitative estimate of drug-likeness (QED) is 0.0399. The summed E-state index contributed by atoms with van der Waals surface area (Å²) < 4.78 is 0. The number of nitrogens with two attached hydrogens (primary N) is 4. The maximum Gasteiger partial charge on any atom is 0.319 e. The molecule has 0 bridgehead atoms. The molecule has 4 amide bonds. The summed E-state index contributed by atoms with van der Waals surface area (Å²) in [5.41, 5.74) is 34.4. The van der Waals surface area contributed by atoms with Gasteiger partial charge in [0, 0.05) is 45.3 Å². The summed E-state index contributed by atoms with van der Waals surface area (Å²) in [6, 6.07) is 41.6. The van der Waals surface area contributed by atoms with Crippen LogP contribution in [0, 0.1) is 0 Å². The van der Waals surface area contributed by atoms with Crippen LogP contribution in [0.3, 0.4) is 0 Å². The van der Waals surface area contributed by atoms with Crippen molar-refractivity contribution in [2.24, 2.45) is 4.99 Å². The van der Waals surface area contributed by atoms with Crippen molar-refractivity contribution in [3.05, 3.63) is 146 Å². The average molecular weight is 1040 g/mol. The van der Waals surface area contributed by atoms with Gasteiger partial charge in [0.1, 0.15) is 36.4 Å². The van der Waals surface area contributed by atoms with Crippen LogP contribution in [0.25, 0.3) is 66.1 Å². The summed E-state index contributed by atoms with van der Waals surface area (Å²) in [5.74, 6) is 1.41. The first kappa shape index (κ1) is 53.3. The summed E-state index contributed by atoms with van der Waals surface area (Å²) in [7, 11) is 0. The van der Waals surface area contributed by atoms with Gasteiger partial charge in [0.25, 0.3) is 0 Å². The molecule has 0 saturated heterocycles. The van der Waals surface area contributed by atoms with E-state index in [0.29, 0.717) is 35.6 Å². The number of benzene rings is 6. The Hall–Kier alpha value is -9.54. The summed E-state index contributed by atoms with van der Waals surface area (Å²) in [6.07, 6.45) is 19.6. The Balaban J connectivity index is 0.000000134. The van der Waals surface area contributed by atoms with Crippen LogP contribution in [0.2, 0.25) is 0 Å². The molecule has 3 aromatic heterocycles. The monoisotopic (exact) mass is 1040 g/mol. The fraction of sp³-hybridized carbons (Fsp3) is 0.250. The van der Waals surface area contributed by atoms with E-state index in [1.54, 1.807) is 6.08 Å². The normalized spacial score (nSPS) is 14.2. The standard InChI is InChI=1S/2C20H21N5O.C14H12N4.C6H9NO/c2*21-19-17-11-14(8-9-18(17)22-12-23-19)13-4-3-7-16(10-13)25-20(26)24-15-5-1-2-6-15;15-11-3-1-2-9(6-11)10-4-5-13-12(7-10)14(16)18-8-17-13;8-5-7-6-3-1-2-4-6/h2*3-4,7-12,15H,1-2,5-6H2,(H2,21,22,23)(H2,24,25,26);1-8H,15H2,(H2,16,17,18);6H,1-4H2. The van der Waals surface area contributed by atoms with Crippen LogP contribution < -0.4 is 44.2 Å². The minimum Gasteiger partial charge on any atom is -0.399 e. The van der Waals surface area contributed by atoms with Crippen molar-refractivity contribution in [1.29, 1.82) is 0 Å². The highest BCUT2D eigenvalue weighted by molar-refractivity contribution is 5.95. The number of carbonyl (C=O) groups excluding carboxylic acids is 3. The number of urea groups is 2. The zero-order valence-electron chi connectivity index (χ0n) is 43.2. The van der Waals surface area contributed by atoms with Crippen molar-refractivity contribution in [1.82, 2.24) is 40.5 Å². The van der Waals surface area contributed by atoms with Crippen molar-refractivity contribution in [2.45, 2.75) is 95.2 Å². The number of nitrogen functional groups attached to an aromatic ring is 4.